The molecule has 10 heteroatoms. The van der Waals surface area contributed by atoms with E-state index in [4.69, 9.17) is 27.9 Å². The van der Waals surface area contributed by atoms with Crippen LogP contribution in [0.5, 0.6) is 0 Å². The van der Waals surface area contributed by atoms with Gasteiger partial charge in [-0.05, 0) is 42.5 Å². The van der Waals surface area contributed by atoms with Crippen molar-refractivity contribution in [2.75, 3.05) is 6.61 Å². The van der Waals surface area contributed by atoms with Crippen LogP contribution in [0.3, 0.4) is 0 Å². The fourth-order valence-corrected chi connectivity index (χ4v) is 3.82. The predicted molar refractivity (Wildman–Crippen MR) is 107 cm³/mol. The molecule has 1 aromatic rings. The maximum Gasteiger partial charge on any atom is 0.410 e. The lowest BCUT2D eigenvalue weighted by Gasteiger charge is -2.27. The maximum absolute atomic E-state index is 12.2. The number of carboxylic acids is 2. The van der Waals surface area contributed by atoms with Gasteiger partial charge in [-0.1, -0.05) is 37.0 Å². The highest BCUT2D eigenvalue weighted by Crippen LogP contribution is 2.24. The minimum atomic E-state index is -1.19. The van der Waals surface area contributed by atoms with Crippen molar-refractivity contribution in [2.45, 2.75) is 51.4 Å². The van der Waals surface area contributed by atoms with Crippen LogP contribution in [0.15, 0.2) is 18.2 Å². The van der Waals surface area contributed by atoms with Crippen molar-refractivity contribution in [3.05, 3.63) is 33.8 Å². The summed E-state index contributed by atoms with van der Waals surface area (Å²) in [6, 6.07) is 2.19. The molecule has 0 bridgehead atoms. The SMILES string of the molecule is CC(C)C[C@H](N[C@@H](C[C@@H]1COC(=O)N1Cc1cc(Cl)cc(Cl)c1)C(=O)O)C(=O)O. The van der Waals surface area contributed by atoms with Crippen molar-refractivity contribution < 1.29 is 29.3 Å². The molecule has 0 aliphatic carbocycles. The molecular formula is C19H24Cl2N2O6. The molecule has 0 unspecified atom stereocenters. The number of halogens is 2. The molecule has 8 nitrogen and oxygen atoms in total. The van der Waals surface area contributed by atoms with Gasteiger partial charge in [-0.25, -0.2) is 4.79 Å². The maximum atomic E-state index is 12.2. The monoisotopic (exact) mass is 446 g/mol. The van der Waals surface area contributed by atoms with Crippen LogP contribution in [0.4, 0.5) is 4.79 Å². The number of amides is 1. The summed E-state index contributed by atoms with van der Waals surface area (Å²) < 4.78 is 5.09. The van der Waals surface area contributed by atoms with Gasteiger partial charge in [-0.3, -0.25) is 19.8 Å². The molecular weight excluding hydrogens is 423 g/mol. The topological polar surface area (TPSA) is 116 Å². The van der Waals surface area contributed by atoms with E-state index in [0.29, 0.717) is 15.6 Å². The van der Waals surface area contributed by atoms with Gasteiger partial charge in [-0.2, -0.15) is 0 Å². The van der Waals surface area contributed by atoms with Crippen LogP contribution in [0, 0.1) is 5.92 Å². The predicted octanol–water partition coefficient (Wildman–Crippen LogP) is 3.25. The summed E-state index contributed by atoms with van der Waals surface area (Å²) >= 11 is 12.0. The van der Waals surface area contributed by atoms with Crippen molar-refractivity contribution in [1.29, 1.82) is 0 Å². The van der Waals surface area contributed by atoms with Gasteiger partial charge in [0.1, 0.15) is 18.7 Å². The number of carbonyl (C=O) groups excluding carboxylic acids is 1. The average molecular weight is 447 g/mol. The first-order chi connectivity index (χ1) is 13.6. The summed E-state index contributed by atoms with van der Waals surface area (Å²) in [5, 5.41) is 22.5. The van der Waals surface area contributed by atoms with Gasteiger partial charge in [-0.15, -0.1) is 0 Å². The smallest absolute Gasteiger partial charge is 0.410 e. The Morgan fingerprint density at radius 3 is 2.28 bits per heavy atom. The third-order valence-electron chi connectivity index (χ3n) is 4.56. The summed E-state index contributed by atoms with van der Waals surface area (Å²) in [4.78, 5) is 36.8. The largest absolute Gasteiger partial charge is 0.480 e. The number of benzene rings is 1. The first kappa shape index (κ1) is 23.3. The molecule has 0 aromatic heterocycles. The number of hydrogen-bond donors (Lipinski definition) is 3. The second-order valence-electron chi connectivity index (χ2n) is 7.45. The van der Waals surface area contributed by atoms with E-state index in [9.17, 15) is 24.6 Å². The Hall–Kier alpha value is -2.03. The van der Waals surface area contributed by atoms with Gasteiger partial charge < -0.3 is 14.9 Å². The highest BCUT2D eigenvalue weighted by molar-refractivity contribution is 6.34. The first-order valence-corrected chi connectivity index (χ1v) is 9.92. The molecule has 1 aliphatic heterocycles. The zero-order valence-electron chi connectivity index (χ0n) is 16.1. The molecule has 0 saturated carbocycles. The third-order valence-corrected chi connectivity index (χ3v) is 5.00. The van der Waals surface area contributed by atoms with Gasteiger partial charge in [0, 0.05) is 16.6 Å². The quantitative estimate of drug-likeness (QED) is 0.504. The Balaban J connectivity index is 2.13. The minimum Gasteiger partial charge on any atom is -0.480 e. The Kier molecular flexibility index (Phi) is 8.13. The highest BCUT2D eigenvalue weighted by atomic mass is 35.5. The number of nitrogens with zero attached hydrogens (tertiary/aromatic N) is 1. The van der Waals surface area contributed by atoms with Crippen LogP contribution in [0.2, 0.25) is 10.0 Å². The fraction of sp³-hybridized carbons (Fsp3) is 0.526. The average Bonchev–Trinajstić information content (AvgIpc) is 2.92. The molecule has 3 atom stereocenters. The van der Waals surface area contributed by atoms with Gasteiger partial charge >= 0.3 is 18.0 Å². The van der Waals surface area contributed by atoms with Gasteiger partial charge in [0.15, 0.2) is 0 Å². The van der Waals surface area contributed by atoms with Crippen molar-refractivity contribution in [3.8, 4) is 0 Å². The molecule has 3 N–H and O–H groups in total. The molecule has 160 valence electrons. The van der Waals surface area contributed by atoms with Crippen LogP contribution in [0.1, 0.15) is 32.3 Å². The Morgan fingerprint density at radius 2 is 1.76 bits per heavy atom. The second-order valence-corrected chi connectivity index (χ2v) is 8.32. The first-order valence-electron chi connectivity index (χ1n) is 9.16. The van der Waals surface area contributed by atoms with E-state index in [1.54, 1.807) is 18.2 Å². The van der Waals surface area contributed by atoms with E-state index >= 15 is 0 Å². The molecule has 2 rings (SSSR count). The lowest BCUT2D eigenvalue weighted by atomic mass is 10.0. The molecule has 1 saturated heterocycles. The normalized spacial score (nSPS) is 18.6. The summed E-state index contributed by atoms with van der Waals surface area (Å²) in [6.45, 7) is 3.87. The van der Waals surface area contributed by atoms with E-state index < -0.39 is 36.2 Å². The molecule has 0 radical (unpaired) electrons. The molecule has 0 spiro atoms. The summed E-state index contributed by atoms with van der Waals surface area (Å²) in [5.41, 5.74) is 0.675. The van der Waals surface area contributed by atoms with E-state index in [1.807, 2.05) is 13.8 Å². The van der Waals surface area contributed by atoms with Crippen molar-refractivity contribution in [2.24, 2.45) is 5.92 Å². The number of carbonyl (C=O) groups is 3. The van der Waals surface area contributed by atoms with E-state index in [1.165, 1.54) is 4.90 Å². The van der Waals surface area contributed by atoms with Gasteiger partial charge in [0.25, 0.3) is 0 Å². The number of ether oxygens (including phenoxy) is 1. The molecule has 1 heterocycles. The van der Waals surface area contributed by atoms with E-state index in [0.717, 1.165) is 0 Å². The van der Waals surface area contributed by atoms with Crippen LogP contribution in [0.25, 0.3) is 0 Å². The Morgan fingerprint density at radius 1 is 1.17 bits per heavy atom. The number of rotatable bonds is 10. The molecule has 1 aliphatic rings. The number of carboxylic acid groups (broad SMARTS) is 2. The Bertz CT molecular complexity index is 753. The van der Waals surface area contributed by atoms with Crippen molar-refractivity contribution in [3.63, 3.8) is 0 Å². The second kappa shape index (κ2) is 10.1. The lowest BCUT2D eigenvalue weighted by Crippen LogP contribution is -2.50. The van der Waals surface area contributed by atoms with Crippen molar-refractivity contribution >= 4 is 41.2 Å². The number of aliphatic carboxylic acids is 2. The van der Waals surface area contributed by atoms with Crippen LogP contribution >= 0.6 is 23.2 Å². The molecule has 1 fully saturated rings. The van der Waals surface area contributed by atoms with Crippen molar-refractivity contribution in [1.82, 2.24) is 10.2 Å². The Labute approximate surface area is 178 Å². The minimum absolute atomic E-state index is 0.00273. The van der Waals surface area contributed by atoms with Gasteiger partial charge in [0.2, 0.25) is 0 Å². The molecule has 1 amide bonds. The number of nitrogens with one attached hydrogen (secondary N) is 1. The van der Waals surface area contributed by atoms with Crippen LogP contribution < -0.4 is 5.32 Å². The van der Waals surface area contributed by atoms with Crippen LogP contribution in [-0.4, -0.2) is 57.9 Å². The lowest BCUT2D eigenvalue weighted by molar-refractivity contribution is -0.143. The summed E-state index contributed by atoms with van der Waals surface area (Å²) in [7, 11) is 0. The zero-order chi connectivity index (χ0) is 21.7. The third kappa shape index (κ3) is 6.76. The zero-order valence-corrected chi connectivity index (χ0v) is 17.6. The molecule has 1 aromatic carbocycles. The summed E-state index contributed by atoms with van der Waals surface area (Å²) in [6.07, 6.45) is -0.298. The van der Waals surface area contributed by atoms with E-state index in [-0.39, 0.29) is 31.9 Å². The highest BCUT2D eigenvalue weighted by Gasteiger charge is 2.37. The number of cyclic esters (lactones) is 1. The molecule has 29 heavy (non-hydrogen) atoms. The van der Waals surface area contributed by atoms with Crippen LogP contribution in [-0.2, 0) is 20.9 Å². The number of hydrogen-bond acceptors (Lipinski definition) is 5. The van der Waals surface area contributed by atoms with Gasteiger partial charge in [0.05, 0.1) is 6.04 Å². The van der Waals surface area contributed by atoms with E-state index in [2.05, 4.69) is 5.32 Å². The fourth-order valence-electron chi connectivity index (χ4n) is 3.24. The standard InChI is InChI=1S/C19H24Cl2N2O6/c1-10(2)3-15(17(24)25)22-16(18(26)27)7-14-9-29-19(28)23(14)8-11-4-12(20)6-13(21)5-11/h4-6,10,14-16,22H,3,7-9H2,1-2H3,(H,24,25)(H,26,27)/t14-,15+,16+/m1/s1. The summed E-state index contributed by atoms with van der Waals surface area (Å²) in [5.74, 6) is -2.24.